The van der Waals surface area contributed by atoms with Crippen molar-refractivity contribution in [3.8, 4) is 5.75 Å². The van der Waals surface area contributed by atoms with Gasteiger partial charge in [0.25, 0.3) is 5.56 Å². The van der Waals surface area contributed by atoms with Gasteiger partial charge in [0, 0.05) is 24.0 Å². The van der Waals surface area contributed by atoms with Crippen molar-refractivity contribution in [2.24, 2.45) is 0 Å². The summed E-state index contributed by atoms with van der Waals surface area (Å²) in [4.78, 5) is 14.3. The van der Waals surface area contributed by atoms with E-state index in [0.29, 0.717) is 22.9 Å². The summed E-state index contributed by atoms with van der Waals surface area (Å²) in [6.45, 7) is 1.90. The molecule has 1 aliphatic rings. The lowest BCUT2D eigenvalue weighted by Gasteiger charge is -2.30. The molecular weight excluding hydrogens is 492 g/mol. The molecule has 4 rings (SSSR count). The molecule has 2 aromatic carbocycles. The molecule has 0 unspecified atom stereocenters. The van der Waals surface area contributed by atoms with E-state index in [1.165, 1.54) is 26.2 Å². The fourth-order valence-electron chi connectivity index (χ4n) is 4.04. The van der Waals surface area contributed by atoms with Crippen molar-refractivity contribution < 1.29 is 30.7 Å². The second kappa shape index (κ2) is 9.02. The number of rotatable bonds is 5. The van der Waals surface area contributed by atoms with Crippen LogP contribution in [-0.4, -0.2) is 50.3 Å². The van der Waals surface area contributed by atoms with Gasteiger partial charge in [0.1, 0.15) is 11.6 Å². The zero-order valence-corrected chi connectivity index (χ0v) is 19.6. The first-order valence-electron chi connectivity index (χ1n) is 10.6. The zero-order chi connectivity index (χ0) is 25.5. The fourth-order valence-corrected chi connectivity index (χ4v) is 5.24. The van der Waals surface area contributed by atoms with E-state index >= 15 is 0 Å². The summed E-state index contributed by atoms with van der Waals surface area (Å²) < 4.78 is 83.2. The Balaban J connectivity index is 1.76. The van der Waals surface area contributed by atoms with Crippen LogP contribution in [0.15, 0.2) is 35.1 Å². The number of nitrogens with one attached hydrogen (secondary N) is 2. The SMILES string of the molecule is COc1cc2c(=O)[nH]nc(N[C@H](C)c3cccc(C(F)(F)F)c3F)c2cc1N1CCS(=O)(=O)CC1. The third-order valence-corrected chi connectivity index (χ3v) is 7.54. The van der Waals surface area contributed by atoms with Crippen LogP contribution >= 0.6 is 0 Å². The van der Waals surface area contributed by atoms with Gasteiger partial charge in [0.05, 0.1) is 41.3 Å². The van der Waals surface area contributed by atoms with Gasteiger partial charge in [-0.1, -0.05) is 12.1 Å². The number of halogens is 4. The number of alkyl halides is 3. The Bertz CT molecular complexity index is 1430. The summed E-state index contributed by atoms with van der Waals surface area (Å²) in [7, 11) is -1.73. The highest BCUT2D eigenvalue weighted by Gasteiger charge is 2.35. The Labute approximate surface area is 197 Å². The largest absolute Gasteiger partial charge is 0.495 e. The number of sulfone groups is 1. The molecule has 2 heterocycles. The number of nitrogens with zero attached hydrogens (tertiary/aromatic N) is 2. The molecule has 1 aliphatic heterocycles. The number of aromatic nitrogens is 2. The average Bonchev–Trinajstić information content (AvgIpc) is 2.79. The minimum absolute atomic E-state index is 0.0429. The fraction of sp³-hybridized carbons (Fsp3) is 0.364. The molecule has 2 N–H and O–H groups in total. The topological polar surface area (TPSA) is 104 Å². The lowest BCUT2D eigenvalue weighted by atomic mass is 10.0. The smallest absolute Gasteiger partial charge is 0.419 e. The summed E-state index contributed by atoms with van der Waals surface area (Å²) in [6.07, 6.45) is -4.85. The second-order valence-electron chi connectivity index (χ2n) is 8.18. The number of benzene rings is 2. The third-order valence-electron chi connectivity index (χ3n) is 5.93. The summed E-state index contributed by atoms with van der Waals surface area (Å²) >= 11 is 0. The van der Waals surface area contributed by atoms with Crippen LogP contribution in [-0.2, 0) is 16.0 Å². The molecular formula is C22H22F4N4O4S. The van der Waals surface area contributed by atoms with Crippen molar-refractivity contribution in [3.63, 3.8) is 0 Å². The van der Waals surface area contributed by atoms with Gasteiger partial charge in [-0.25, -0.2) is 17.9 Å². The van der Waals surface area contributed by atoms with Gasteiger partial charge in [-0.3, -0.25) is 4.79 Å². The van der Waals surface area contributed by atoms with Crippen LogP contribution in [0.2, 0.25) is 0 Å². The molecule has 1 atom stereocenters. The maximum atomic E-state index is 14.7. The molecule has 0 saturated carbocycles. The number of hydrogen-bond donors (Lipinski definition) is 2. The predicted molar refractivity (Wildman–Crippen MR) is 123 cm³/mol. The van der Waals surface area contributed by atoms with Crippen LogP contribution in [0, 0.1) is 5.82 Å². The lowest BCUT2D eigenvalue weighted by Crippen LogP contribution is -2.40. The van der Waals surface area contributed by atoms with Crippen molar-refractivity contribution in [1.82, 2.24) is 10.2 Å². The van der Waals surface area contributed by atoms with E-state index in [0.717, 1.165) is 6.07 Å². The Morgan fingerprint density at radius 3 is 2.49 bits per heavy atom. The lowest BCUT2D eigenvalue weighted by molar-refractivity contribution is -0.140. The summed E-state index contributed by atoms with van der Waals surface area (Å²) in [6, 6.07) is 5.16. The average molecular weight is 515 g/mol. The molecule has 0 aliphatic carbocycles. The van der Waals surface area contributed by atoms with Crippen LogP contribution in [0.5, 0.6) is 5.75 Å². The van der Waals surface area contributed by atoms with Gasteiger partial charge in [0.2, 0.25) is 0 Å². The van der Waals surface area contributed by atoms with Crippen LogP contribution in [0.1, 0.15) is 24.1 Å². The third kappa shape index (κ3) is 4.90. The van der Waals surface area contributed by atoms with Crippen molar-refractivity contribution >= 4 is 32.1 Å². The van der Waals surface area contributed by atoms with Crippen LogP contribution in [0.3, 0.4) is 0 Å². The predicted octanol–water partition coefficient (Wildman–Crippen LogP) is 3.50. The molecule has 1 aromatic heterocycles. The molecule has 1 fully saturated rings. The first-order chi connectivity index (χ1) is 16.4. The monoisotopic (exact) mass is 514 g/mol. The molecule has 1 saturated heterocycles. The number of H-pyrrole nitrogens is 1. The van der Waals surface area contributed by atoms with Gasteiger partial charge in [-0.2, -0.15) is 18.3 Å². The highest BCUT2D eigenvalue weighted by molar-refractivity contribution is 7.91. The molecule has 0 spiro atoms. The van der Waals surface area contributed by atoms with Gasteiger partial charge in [-0.15, -0.1) is 0 Å². The van der Waals surface area contributed by atoms with Crippen LogP contribution < -0.4 is 20.5 Å². The molecule has 13 heteroatoms. The van der Waals surface area contributed by atoms with Gasteiger partial charge in [-0.05, 0) is 25.1 Å². The number of methoxy groups -OCH3 is 1. The zero-order valence-electron chi connectivity index (χ0n) is 18.7. The number of anilines is 2. The number of fused-ring (bicyclic) bond motifs is 1. The summed E-state index contributed by atoms with van der Waals surface area (Å²) in [5.74, 6) is -1.03. The molecule has 0 bridgehead atoms. The van der Waals surface area contributed by atoms with Crippen molar-refractivity contribution in [3.05, 3.63) is 57.6 Å². The van der Waals surface area contributed by atoms with E-state index in [1.807, 2.05) is 0 Å². The van der Waals surface area contributed by atoms with Crippen LogP contribution in [0.4, 0.5) is 29.1 Å². The van der Waals surface area contributed by atoms with Crippen LogP contribution in [0.25, 0.3) is 10.8 Å². The summed E-state index contributed by atoms with van der Waals surface area (Å²) in [5, 5.41) is 9.70. The van der Waals surface area contributed by atoms with E-state index in [-0.39, 0.29) is 41.4 Å². The van der Waals surface area contributed by atoms with Gasteiger partial charge in [0.15, 0.2) is 15.7 Å². The highest BCUT2D eigenvalue weighted by atomic mass is 32.2. The standard InChI is InChI=1S/C22H22F4N4O4S/c1-12(13-4-3-5-16(19(13)23)22(24,25)26)27-20-14-10-17(30-6-8-35(32,33)9-7-30)18(34-2)11-15(14)21(31)29-28-20/h3-5,10-12H,6-9H2,1-2H3,(H,27,28)(H,29,31)/t12-/m1/s1. The first kappa shape index (κ1) is 24.8. The first-order valence-corrected chi connectivity index (χ1v) is 12.4. The Hall–Kier alpha value is -3.35. The highest BCUT2D eigenvalue weighted by Crippen LogP contribution is 2.37. The second-order valence-corrected chi connectivity index (χ2v) is 10.5. The minimum atomic E-state index is -4.85. The van der Waals surface area contributed by atoms with Gasteiger partial charge >= 0.3 is 6.18 Å². The van der Waals surface area contributed by atoms with Gasteiger partial charge < -0.3 is 15.0 Å². The molecule has 0 radical (unpaired) electrons. The maximum Gasteiger partial charge on any atom is 0.419 e. The van der Waals surface area contributed by atoms with E-state index in [4.69, 9.17) is 4.74 Å². The Kier molecular flexibility index (Phi) is 6.38. The number of hydrogen-bond acceptors (Lipinski definition) is 7. The summed E-state index contributed by atoms with van der Waals surface area (Å²) in [5.41, 5.74) is -1.61. The normalized spacial score (nSPS) is 16.8. The number of ether oxygens (including phenoxy) is 1. The van der Waals surface area contributed by atoms with E-state index in [9.17, 15) is 30.8 Å². The van der Waals surface area contributed by atoms with Crippen molar-refractivity contribution in [2.45, 2.75) is 19.1 Å². The van der Waals surface area contributed by atoms with E-state index < -0.39 is 39.0 Å². The number of aromatic amines is 1. The molecule has 8 nitrogen and oxygen atoms in total. The van der Waals surface area contributed by atoms with E-state index in [1.54, 1.807) is 11.0 Å². The molecule has 35 heavy (non-hydrogen) atoms. The van der Waals surface area contributed by atoms with E-state index in [2.05, 4.69) is 15.5 Å². The Morgan fingerprint density at radius 1 is 1.17 bits per heavy atom. The molecule has 0 amide bonds. The minimum Gasteiger partial charge on any atom is -0.495 e. The molecule has 188 valence electrons. The molecule has 3 aromatic rings. The Morgan fingerprint density at radius 2 is 1.86 bits per heavy atom. The van der Waals surface area contributed by atoms with Crippen molar-refractivity contribution in [2.75, 3.05) is 41.9 Å². The quantitative estimate of drug-likeness (QED) is 0.503. The van der Waals surface area contributed by atoms with Crippen molar-refractivity contribution in [1.29, 1.82) is 0 Å². The maximum absolute atomic E-state index is 14.7.